The van der Waals surface area contributed by atoms with E-state index < -0.39 is 42.2 Å². The molecule has 3 unspecified atom stereocenters. The zero-order chi connectivity index (χ0) is 23.3. The lowest BCUT2D eigenvalue weighted by atomic mass is 9.77. The number of amides is 2. The molecule has 1 aliphatic rings. The minimum absolute atomic E-state index is 0.00653. The Balaban J connectivity index is 1.97. The second-order valence-corrected chi connectivity index (χ2v) is 8.58. The van der Waals surface area contributed by atoms with Crippen LogP contribution in [-0.2, 0) is 0 Å². The van der Waals surface area contributed by atoms with E-state index in [1.54, 1.807) is 29.6 Å². The van der Waals surface area contributed by atoms with Crippen molar-refractivity contribution < 1.29 is 27.9 Å². The number of urea groups is 1. The molecule has 2 N–H and O–H groups in total. The van der Waals surface area contributed by atoms with Crippen LogP contribution in [-0.4, -0.2) is 45.3 Å². The molecule has 2 aromatic heterocycles. The zero-order valence-electron chi connectivity index (χ0n) is 16.6. The van der Waals surface area contributed by atoms with Crippen LogP contribution in [0, 0.1) is 5.92 Å². The summed E-state index contributed by atoms with van der Waals surface area (Å²) in [6.45, 7) is 0.806. The number of hydrogen-bond donors (Lipinski definition) is 2. The third kappa shape index (κ3) is 3.42. The predicted octanol–water partition coefficient (Wildman–Crippen LogP) is 4.79. The number of fused-ring (bicyclic) bond motifs is 1. The number of para-hydroxylation sites is 1. The summed E-state index contributed by atoms with van der Waals surface area (Å²) in [5, 5.41) is 15.4. The molecular formula is C21H17ClF3N3O3S. The zero-order valence-corrected chi connectivity index (χ0v) is 18.1. The molecule has 3 aromatic rings. The van der Waals surface area contributed by atoms with Crippen LogP contribution < -0.4 is 5.32 Å². The number of aromatic nitrogens is 1. The highest BCUT2D eigenvalue weighted by Gasteiger charge is 2.70. The molecule has 0 bridgehead atoms. The highest BCUT2D eigenvalue weighted by molar-refractivity contribution is 7.12. The molecule has 1 aliphatic heterocycles. The first-order valence-electron chi connectivity index (χ1n) is 9.59. The molecule has 1 aromatic carbocycles. The van der Waals surface area contributed by atoms with E-state index >= 15 is 0 Å². The molecular weight excluding hydrogens is 467 g/mol. The molecule has 0 aliphatic carbocycles. The maximum absolute atomic E-state index is 14.4. The van der Waals surface area contributed by atoms with Gasteiger partial charge in [-0.15, -0.1) is 11.3 Å². The van der Waals surface area contributed by atoms with Gasteiger partial charge in [0.15, 0.2) is 5.78 Å². The van der Waals surface area contributed by atoms with Gasteiger partial charge in [0.25, 0.3) is 5.72 Å². The second-order valence-electron chi connectivity index (χ2n) is 7.28. The van der Waals surface area contributed by atoms with Crippen LogP contribution in [0.2, 0.25) is 5.15 Å². The number of halogens is 4. The molecule has 3 heterocycles. The van der Waals surface area contributed by atoms with E-state index in [1.807, 2.05) is 0 Å². The standard InChI is InChI=1S/C21H17ClF3N3O3S/c1-2-28-19(30)27-16(12-10-11-6-3-4-7-13(11)26-18(12)22)15(20(28,31)21(23,24)25)17(29)14-8-5-9-32-14/h3-10,15-16,31H,2H2,1H3,(H,27,30). The average Bonchev–Trinajstić information content (AvgIpc) is 3.27. The van der Waals surface area contributed by atoms with Gasteiger partial charge < -0.3 is 10.4 Å². The Morgan fingerprint density at radius 3 is 2.66 bits per heavy atom. The molecule has 0 spiro atoms. The predicted molar refractivity (Wildman–Crippen MR) is 114 cm³/mol. The summed E-state index contributed by atoms with van der Waals surface area (Å²) in [7, 11) is 0. The molecule has 0 saturated carbocycles. The summed E-state index contributed by atoms with van der Waals surface area (Å²) in [6, 6.07) is 8.40. The van der Waals surface area contributed by atoms with Gasteiger partial charge in [0.1, 0.15) is 11.1 Å². The SMILES string of the molecule is CCN1C(=O)NC(c2cc3ccccc3nc2Cl)C(C(=O)c2cccs2)C1(O)C(F)(F)F. The molecule has 3 atom stereocenters. The van der Waals surface area contributed by atoms with Gasteiger partial charge in [-0.3, -0.25) is 9.69 Å². The Morgan fingerprint density at radius 2 is 2.03 bits per heavy atom. The van der Waals surface area contributed by atoms with Gasteiger partial charge >= 0.3 is 12.2 Å². The Kier molecular flexibility index (Phi) is 5.64. The number of carbonyl (C=O) groups excluding carboxylic acids is 2. The van der Waals surface area contributed by atoms with Gasteiger partial charge in [0.2, 0.25) is 0 Å². The molecule has 32 heavy (non-hydrogen) atoms. The quantitative estimate of drug-likeness (QED) is 0.413. The first-order chi connectivity index (χ1) is 15.1. The number of thiophene rings is 1. The third-order valence-corrected chi connectivity index (χ3v) is 6.71. The smallest absolute Gasteiger partial charge is 0.363 e. The minimum atomic E-state index is -5.33. The number of nitrogens with zero attached hydrogens (tertiary/aromatic N) is 2. The van der Waals surface area contributed by atoms with E-state index in [0.717, 1.165) is 11.3 Å². The fraction of sp³-hybridized carbons (Fsp3) is 0.286. The highest BCUT2D eigenvalue weighted by atomic mass is 35.5. The molecule has 11 heteroatoms. The normalized spacial score (nSPS) is 23.9. The van der Waals surface area contributed by atoms with Crippen molar-refractivity contribution in [2.24, 2.45) is 5.92 Å². The van der Waals surface area contributed by atoms with Gasteiger partial charge in [-0.1, -0.05) is 35.9 Å². The van der Waals surface area contributed by atoms with Crippen molar-refractivity contribution in [1.29, 1.82) is 0 Å². The lowest BCUT2D eigenvalue weighted by Gasteiger charge is -2.50. The third-order valence-electron chi connectivity index (χ3n) is 5.52. The Morgan fingerprint density at radius 1 is 1.31 bits per heavy atom. The molecule has 1 saturated heterocycles. The number of hydrogen-bond acceptors (Lipinski definition) is 5. The van der Waals surface area contributed by atoms with Gasteiger partial charge in [0, 0.05) is 17.5 Å². The van der Waals surface area contributed by atoms with Gasteiger partial charge in [-0.05, 0) is 30.5 Å². The fourth-order valence-corrected chi connectivity index (χ4v) is 5.02. The van der Waals surface area contributed by atoms with Crippen molar-refractivity contribution in [3.05, 3.63) is 63.4 Å². The summed E-state index contributed by atoms with van der Waals surface area (Å²) in [4.78, 5) is 30.5. The second kappa shape index (κ2) is 8.02. The van der Waals surface area contributed by atoms with Crippen molar-refractivity contribution >= 4 is 45.7 Å². The number of alkyl halides is 3. The first-order valence-corrected chi connectivity index (χ1v) is 10.9. The van der Waals surface area contributed by atoms with Crippen LogP contribution in [0.15, 0.2) is 47.8 Å². The maximum atomic E-state index is 14.4. The molecule has 2 amide bonds. The van der Waals surface area contributed by atoms with Crippen LogP contribution in [0.4, 0.5) is 18.0 Å². The molecule has 4 rings (SSSR count). The van der Waals surface area contributed by atoms with E-state index in [0.29, 0.717) is 10.9 Å². The largest absolute Gasteiger partial charge is 0.437 e. The topological polar surface area (TPSA) is 82.5 Å². The number of benzene rings is 1. The molecule has 168 valence electrons. The van der Waals surface area contributed by atoms with Crippen LogP contribution in [0.3, 0.4) is 0 Å². The van der Waals surface area contributed by atoms with E-state index in [2.05, 4.69) is 10.3 Å². The monoisotopic (exact) mass is 483 g/mol. The Labute approximate surface area is 189 Å². The summed E-state index contributed by atoms with van der Waals surface area (Å²) < 4.78 is 43.1. The van der Waals surface area contributed by atoms with Gasteiger partial charge in [-0.2, -0.15) is 13.2 Å². The van der Waals surface area contributed by atoms with Crippen LogP contribution in [0.25, 0.3) is 10.9 Å². The van der Waals surface area contributed by atoms with Crippen molar-refractivity contribution in [1.82, 2.24) is 15.2 Å². The van der Waals surface area contributed by atoms with Gasteiger partial charge in [-0.25, -0.2) is 9.78 Å². The maximum Gasteiger partial charge on any atom is 0.437 e. The Bertz CT molecular complexity index is 1190. The number of Topliss-reactive ketones (excluding diaryl/α,β-unsaturated/α-hetero) is 1. The molecule has 6 nitrogen and oxygen atoms in total. The van der Waals surface area contributed by atoms with Crippen molar-refractivity contribution in [3.8, 4) is 0 Å². The lowest BCUT2D eigenvalue weighted by molar-refractivity contribution is -0.326. The van der Waals surface area contributed by atoms with Crippen LogP contribution >= 0.6 is 22.9 Å². The average molecular weight is 484 g/mol. The number of nitrogens with one attached hydrogen (secondary N) is 1. The van der Waals surface area contributed by atoms with Gasteiger partial charge in [0.05, 0.1) is 16.4 Å². The molecule has 1 fully saturated rings. The van der Waals surface area contributed by atoms with Crippen LogP contribution in [0.1, 0.15) is 28.2 Å². The highest BCUT2D eigenvalue weighted by Crippen LogP contribution is 2.49. The van der Waals surface area contributed by atoms with E-state index in [-0.39, 0.29) is 20.5 Å². The Hall–Kier alpha value is -2.69. The van der Waals surface area contributed by atoms with Crippen molar-refractivity contribution in [2.45, 2.75) is 24.9 Å². The van der Waals surface area contributed by atoms with Crippen LogP contribution in [0.5, 0.6) is 0 Å². The fourth-order valence-electron chi connectivity index (χ4n) is 4.05. The summed E-state index contributed by atoms with van der Waals surface area (Å²) in [5.74, 6) is -3.09. The summed E-state index contributed by atoms with van der Waals surface area (Å²) in [6.07, 6.45) is -5.33. The lowest BCUT2D eigenvalue weighted by Crippen LogP contribution is -2.73. The number of carbonyl (C=O) groups is 2. The summed E-state index contributed by atoms with van der Waals surface area (Å²) in [5.41, 5.74) is -3.26. The van der Waals surface area contributed by atoms with E-state index in [9.17, 15) is 27.9 Å². The van der Waals surface area contributed by atoms with E-state index in [1.165, 1.54) is 25.1 Å². The number of pyridine rings is 1. The number of aliphatic hydroxyl groups is 1. The van der Waals surface area contributed by atoms with Crippen molar-refractivity contribution in [3.63, 3.8) is 0 Å². The molecule has 0 radical (unpaired) electrons. The summed E-state index contributed by atoms with van der Waals surface area (Å²) >= 11 is 7.25. The van der Waals surface area contributed by atoms with Crippen molar-refractivity contribution in [2.75, 3.05) is 6.54 Å². The number of rotatable bonds is 4. The minimum Gasteiger partial charge on any atom is -0.363 e. The number of ketones is 1. The first kappa shape index (κ1) is 22.5. The van der Waals surface area contributed by atoms with E-state index in [4.69, 9.17) is 11.6 Å².